The number of carbonyl (C=O) groups is 1. The fourth-order valence-electron chi connectivity index (χ4n) is 2.14. The molecule has 1 heterocycles. The molecule has 25 heavy (non-hydrogen) atoms. The van der Waals surface area contributed by atoms with Gasteiger partial charge < -0.3 is 5.32 Å². The van der Waals surface area contributed by atoms with Gasteiger partial charge in [-0.05, 0) is 23.3 Å². The quantitative estimate of drug-likeness (QED) is 0.574. The maximum Gasteiger partial charge on any atom is 0.230 e. The molecular weight excluding hydrogens is 418 g/mol. The zero-order valence-electron chi connectivity index (χ0n) is 13.3. The van der Waals surface area contributed by atoms with Crippen molar-refractivity contribution in [1.29, 1.82) is 0 Å². The lowest BCUT2D eigenvalue weighted by atomic mass is 10.1. The smallest absolute Gasteiger partial charge is 0.230 e. The maximum absolute atomic E-state index is 12.1. The number of aromatic nitrogens is 2. The minimum atomic E-state index is -0.0815. The van der Waals surface area contributed by atoms with Gasteiger partial charge in [-0.25, -0.2) is 0 Å². The van der Waals surface area contributed by atoms with Gasteiger partial charge in [0.2, 0.25) is 11.0 Å². The number of thioether (sulfide) groups is 1. The van der Waals surface area contributed by atoms with Gasteiger partial charge >= 0.3 is 0 Å². The number of hydrogen-bond acceptors (Lipinski definition) is 5. The van der Waals surface area contributed by atoms with E-state index in [1.54, 1.807) is 11.8 Å². The number of hydrogen-bond donors (Lipinski definition) is 1. The van der Waals surface area contributed by atoms with E-state index in [0.717, 1.165) is 26.5 Å². The minimum Gasteiger partial charge on any atom is -0.300 e. The zero-order chi connectivity index (χ0) is 17.5. The van der Waals surface area contributed by atoms with E-state index in [1.165, 1.54) is 16.9 Å². The molecule has 128 valence electrons. The molecule has 0 unspecified atom stereocenters. The third-order valence-corrected chi connectivity index (χ3v) is 5.89. The summed E-state index contributed by atoms with van der Waals surface area (Å²) >= 11 is 6.60. The van der Waals surface area contributed by atoms with Crippen molar-refractivity contribution in [2.75, 3.05) is 5.32 Å². The number of carbonyl (C=O) groups excluding carboxylic acids is 1. The summed E-state index contributed by atoms with van der Waals surface area (Å²) in [7, 11) is 0. The lowest BCUT2D eigenvalue weighted by molar-refractivity contribution is -0.115. The van der Waals surface area contributed by atoms with E-state index in [-0.39, 0.29) is 5.91 Å². The van der Waals surface area contributed by atoms with Gasteiger partial charge in [0.1, 0.15) is 5.01 Å². The molecule has 0 atom stereocenters. The van der Waals surface area contributed by atoms with Crippen molar-refractivity contribution in [3.63, 3.8) is 0 Å². The van der Waals surface area contributed by atoms with Gasteiger partial charge in [-0.15, -0.1) is 22.0 Å². The molecule has 0 aliphatic carbocycles. The Morgan fingerprint density at radius 3 is 2.52 bits per heavy atom. The van der Waals surface area contributed by atoms with Crippen LogP contribution in [0.25, 0.3) is 0 Å². The normalized spacial score (nSPS) is 10.6. The first-order valence-corrected chi connectivity index (χ1v) is 10.4. The van der Waals surface area contributed by atoms with Crippen LogP contribution in [0.3, 0.4) is 0 Å². The predicted octanol–water partition coefficient (Wildman–Crippen LogP) is 4.92. The van der Waals surface area contributed by atoms with Gasteiger partial charge in [-0.1, -0.05) is 69.7 Å². The lowest BCUT2D eigenvalue weighted by Crippen LogP contribution is -2.14. The summed E-state index contributed by atoms with van der Waals surface area (Å²) in [6, 6.07) is 18.0. The van der Waals surface area contributed by atoms with Gasteiger partial charge in [0.05, 0.1) is 6.42 Å². The van der Waals surface area contributed by atoms with Gasteiger partial charge in [0.15, 0.2) is 0 Å². The van der Waals surface area contributed by atoms with Crippen molar-refractivity contribution >= 4 is 50.1 Å². The third kappa shape index (κ3) is 5.95. The molecule has 3 aromatic rings. The molecule has 1 amide bonds. The second-order valence-electron chi connectivity index (χ2n) is 5.33. The monoisotopic (exact) mass is 433 g/mol. The lowest BCUT2D eigenvalue weighted by Gasteiger charge is -2.01. The summed E-state index contributed by atoms with van der Waals surface area (Å²) < 4.78 is 0.999. The number of nitrogens with zero attached hydrogens (tertiary/aromatic N) is 2. The number of rotatable bonds is 7. The molecule has 0 radical (unpaired) electrons. The first-order chi connectivity index (χ1) is 12.2. The Bertz CT molecular complexity index is 822. The van der Waals surface area contributed by atoms with Crippen LogP contribution in [0.15, 0.2) is 59.1 Å². The zero-order valence-corrected chi connectivity index (χ0v) is 16.5. The number of nitrogens with one attached hydrogen (secondary N) is 1. The van der Waals surface area contributed by atoms with E-state index in [2.05, 4.69) is 43.6 Å². The highest BCUT2D eigenvalue weighted by Crippen LogP contribution is 2.22. The third-order valence-electron chi connectivity index (χ3n) is 3.33. The molecular formula is C18H16BrN3OS2. The number of halogens is 1. The van der Waals surface area contributed by atoms with Crippen molar-refractivity contribution in [1.82, 2.24) is 10.2 Å². The van der Waals surface area contributed by atoms with Gasteiger partial charge in [-0.2, -0.15) is 0 Å². The van der Waals surface area contributed by atoms with Crippen LogP contribution in [0.4, 0.5) is 5.13 Å². The van der Waals surface area contributed by atoms with Crippen molar-refractivity contribution in [3.8, 4) is 0 Å². The highest BCUT2D eigenvalue weighted by atomic mass is 79.9. The fourth-order valence-corrected chi connectivity index (χ4v) is 4.21. The van der Waals surface area contributed by atoms with Crippen LogP contribution in [0, 0.1) is 0 Å². The topological polar surface area (TPSA) is 54.9 Å². The molecule has 1 N–H and O–H groups in total. The molecule has 1 aromatic heterocycles. The Labute approximate surface area is 163 Å². The van der Waals surface area contributed by atoms with Crippen molar-refractivity contribution < 1.29 is 4.79 Å². The molecule has 0 spiro atoms. The predicted molar refractivity (Wildman–Crippen MR) is 108 cm³/mol. The summed E-state index contributed by atoms with van der Waals surface area (Å²) in [6.07, 6.45) is 0.324. The molecule has 0 saturated carbocycles. The van der Waals surface area contributed by atoms with Crippen LogP contribution in [0.2, 0.25) is 0 Å². The van der Waals surface area contributed by atoms with Crippen molar-refractivity contribution in [2.45, 2.75) is 17.9 Å². The second-order valence-corrected chi connectivity index (χ2v) is 8.29. The van der Waals surface area contributed by atoms with Gasteiger partial charge in [-0.3, -0.25) is 4.79 Å². The first kappa shape index (κ1) is 18.1. The average Bonchev–Trinajstić information content (AvgIpc) is 3.05. The van der Waals surface area contributed by atoms with E-state index in [4.69, 9.17) is 0 Å². The second kappa shape index (κ2) is 9.12. The molecule has 0 aliphatic heterocycles. The highest BCUT2D eigenvalue weighted by molar-refractivity contribution is 9.10. The molecule has 0 aliphatic rings. The van der Waals surface area contributed by atoms with E-state index >= 15 is 0 Å². The minimum absolute atomic E-state index is 0.0815. The summed E-state index contributed by atoms with van der Waals surface area (Å²) in [5.74, 6) is 1.64. The summed E-state index contributed by atoms with van der Waals surface area (Å²) in [4.78, 5) is 12.1. The highest BCUT2D eigenvalue weighted by Gasteiger charge is 2.09. The molecule has 0 bridgehead atoms. The molecule has 2 aromatic carbocycles. The summed E-state index contributed by atoms with van der Waals surface area (Å²) in [5.41, 5.74) is 2.25. The average molecular weight is 434 g/mol. The van der Waals surface area contributed by atoms with E-state index in [1.807, 2.05) is 42.5 Å². The van der Waals surface area contributed by atoms with E-state index in [9.17, 15) is 4.79 Å². The molecule has 3 rings (SSSR count). The van der Waals surface area contributed by atoms with Crippen LogP contribution in [-0.2, 0) is 22.7 Å². The Balaban J connectivity index is 1.46. The Hall–Kier alpha value is -1.70. The SMILES string of the molecule is O=C(Cc1ccc(Br)cc1)Nc1nnc(CSCc2ccccc2)s1. The van der Waals surface area contributed by atoms with E-state index < -0.39 is 0 Å². The summed E-state index contributed by atoms with van der Waals surface area (Å²) in [5, 5.41) is 12.5. The Kier molecular flexibility index (Phi) is 6.61. The van der Waals surface area contributed by atoms with Crippen LogP contribution < -0.4 is 5.32 Å². The number of benzene rings is 2. The number of amides is 1. The van der Waals surface area contributed by atoms with Crippen molar-refractivity contribution in [3.05, 3.63) is 75.2 Å². The maximum atomic E-state index is 12.1. The number of anilines is 1. The van der Waals surface area contributed by atoms with Crippen LogP contribution in [-0.4, -0.2) is 16.1 Å². The fraction of sp³-hybridized carbons (Fsp3) is 0.167. The van der Waals surface area contributed by atoms with Crippen LogP contribution in [0.5, 0.6) is 0 Å². The van der Waals surface area contributed by atoms with E-state index in [0.29, 0.717) is 11.6 Å². The Morgan fingerprint density at radius 2 is 1.76 bits per heavy atom. The molecule has 0 fully saturated rings. The standard InChI is InChI=1S/C18H16BrN3OS2/c19-15-8-6-13(7-9-15)10-16(23)20-18-22-21-17(25-18)12-24-11-14-4-2-1-3-5-14/h1-9H,10-12H2,(H,20,22,23). The summed E-state index contributed by atoms with van der Waals surface area (Å²) in [6.45, 7) is 0. The molecule has 7 heteroatoms. The van der Waals surface area contributed by atoms with Gasteiger partial charge in [0.25, 0.3) is 0 Å². The molecule has 4 nitrogen and oxygen atoms in total. The first-order valence-electron chi connectivity index (χ1n) is 7.67. The van der Waals surface area contributed by atoms with Gasteiger partial charge in [0, 0.05) is 16.0 Å². The Morgan fingerprint density at radius 1 is 1.00 bits per heavy atom. The van der Waals surface area contributed by atoms with Crippen LogP contribution in [0.1, 0.15) is 16.1 Å². The molecule has 0 saturated heterocycles. The van der Waals surface area contributed by atoms with Crippen molar-refractivity contribution in [2.24, 2.45) is 0 Å². The van der Waals surface area contributed by atoms with Crippen LogP contribution >= 0.6 is 39.0 Å². The largest absolute Gasteiger partial charge is 0.300 e.